The van der Waals surface area contributed by atoms with E-state index in [1.54, 1.807) is 6.20 Å². The molecule has 5 aromatic carbocycles. The van der Waals surface area contributed by atoms with Gasteiger partial charge >= 0.3 is 0 Å². The summed E-state index contributed by atoms with van der Waals surface area (Å²) in [6.45, 7) is 4.91. The van der Waals surface area contributed by atoms with Gasteiger partial charge in [-0.15, -0.1) is 0 Å². The molecule has 7 rings (SSSR count). The third-order valence-electron chi connectivity index (χ3n) is 8.39. The lowest BCUT2D eigenvalue weighted by Gasteiger charge is -2.23. The minimum absolute atomic E-state index is 0.0770. The van der Waals surface area contributed by atoms with E-state index in [9.17, 15) is 4.79 Å². The summed E-state index contributed by atoms with van der Waals surface area (Å²) in [5.41, 5.74) is 11.5. The third kappa shape index (κ3) is 11.4. The Balaban J connectivity index is 0.000000495. The number of rotatable bonds is 10. The van der Waals surface area contributed by atoms with Crippen molar-refractivity contribution in [2.75, 3.05) is 30.8 Å². The molecule has 0 spiro atoms. The number of carbonyl (C=O) groups is 1. The van der Waals surface area contributed by atoms with Gasteiger partial charge in [0, 0.05) is 48.8 Å². The van der Waals surface area contributed by atoms with Gasteiger partial charge in [-0.1, -0.05) is 127 Å². The molecule has 1 saturated heterocycles. The molecule has 2 heterocycles. The number of hydrogen-bond donors (Lipinski definition) is 4. The molecule has 8 heteroatoms. The van der Waals surface area contributed by atoms with Crippen LogP contribution in [0, 0.1) is 6.92 Å². The van der Waals surface area contributed by atoms with Crippen molar-refractivity contribution in [1.82, 2.24) is 20.2 Å². The Morgan fingerprint density at radius 3 is 2.00 bits per heavy atom. The van der Waals surface area contributed by atoms with Crippen LogP contribution in [0.1, 0.15) is 29.2 Å². The Kier molecular flexibility index (Phi) is 14.0. The average Bonchev–Trinajstić information content (AvgIpc) is 3.63. The maximum absolute atomic E-state index is 13.6. The van der Waals surface area contributed by atoms with E-state index in [4.69, 9.17) is 0 Å². The lowest BCUT2D eigenvalue weighted by Crippen LogP contribution is -2.41. The largest absolute Gasteiger partial charge is 0.333 e. The Labute approximate surface area is 301 Å². The zero-order valence-corrected chi connectivity index (χ0v) is 29.3. The Morgan fingerprint density at radius 2 is 1.37 bits per heavy atom. The number of likely N-dealkylation sites (tertiary alicyclic amines) is 1. The summed E-state index contributed by atoms with van der Waals surface area (Å²) in [4.78, 5) is 25.1. The number of carbonyl (C=O) groups excluding carboxylic acids is 1. The van der Waals surface area contributed by atoms with Crippen molar-refractivity contribution in [3.63, 3.8) is 0 Å². The van der Waals surface area contributed by atoms with Crippen LogP contribution in [-0.2, 0) is 11.3 Å². The minimum atomic E-state index is -0.457. The van der Waals surface area contributed by atoms with Gasteiger partial charge in [-0.25, -0.2) is 9.97 Å². The lowest BCUT2D eigenvalue weighted by molar-refractivity contribution is -0.118. The second kappa shape index (κ2) is 19.5. The third-order valence-corrected chi connectivity index (χ3v) is 8.39. The predicted octanol–water partition coefficient (Wildman–Crippen LogP) is 8.00. The molecule has 1 fully saturated rings. The molecule has 8 nitrogen and oxygen atoms in total. The second-order valence-electron chi connectivity index (χ2n) is 12.2. The van der Waals surface area contributed by atoms with Crippen LogP contribution in [0.25, 0.3) is 11.3 Å². The zero-order chi connectivity index (χ0) is 35.7. The van der Waals surface area contributed by atoms with E-state index in [1.807, 2.05) is 115 Å². The SMILES string of the molecule is CN.Cc1ccccc1.O=C(Nc1ccc(-c2ccnc(Nc3ccccc3)n2)cc1)C(NC1CCN(Cc2ccccc2)C1)c1ccccc1. The number of para-hydroxylation sites is 1. The molecule has 51 heavy (non-hydrogen) atoms. The van der Waals surface area contributed by atoms with Gasteiger partial charge in [0.2, 0.25) is 11.9 Å². The highest BCUT2D eigenvalue weighted by atomic mass is 16.2. The first-order valence-corrected chi connectivity index (χ1v) is 17.3. The Hall–Kier alpha value is -5.67. The van der Waals surface area contributed by atoms with Gasteiger partial charge in [-0.05, 0) is 61.9 Å². The predicted molar refractivity (Wildman–Crippen MR) is 210 cm³/mol. The standard InChI is InChI=1S/C35H34N6O.C7H8.CH5N/c42-34(33(28-12-6-2-7-13-28)37-31-21-23-41(25-31)24-26-10-4-1-5-11-26)38-30-18-16-27(17-19-30)32-20-22-36-35(40-32)39-29-14-8-3-9-15-29;1-7-5-3-2-4-6-7;1-2/h1-20,22,31,33,37H,21,23-25H2,(H,38,42)(H,36,39,40);2-6H,1H3;2H2,1H3. The van der Waals surface area contributed by atoms with E-state index < -0.39 is 6.04 Å². The van der Waals surface area contributed by atoms with Gasteiger partial charge in [-0.3, -0.25) is 15.0 Å². The van der Waals surface area contributed by atoms with Gasteiger partial charge < -0.3 is 16.4 Å². The summed E-state index contributed by atoms with van der Waals surface area (Å²) in [5.74, 6) is 0.453. The van der Waals surface area contributed by atoms with Crippen LogP contribution in [0.15, 0.2) is 158 Å². The van der Waals surface area contributed by atoms with E-state index >= 15 is 0 Å². The topological polar surface area (TPSA) is 108 Å². The highest BCUT2D eigenvalue weighted by Gasteiger charge is 2.29. The monoisotopic (exact) mass is 677 g/mol. The molecule has 1 amide bonds. The fourth-order valence-electron chi connectivity index (χ4n) is 5.86. The number of hydrogen-bond acceptors (Lipinski definition) is 7. The molecule has 5 N–H and O–H groups in total. The summed E-state index contributed by atoms with van der Waals surface area (Å²) < 4.78 is 0. The van der Waals surface area contributed by atoms with Crippen molar-refractivity contribution in [3.8, 4) is 11.3 Å². The molecule has 6 aromatic rings. The van der Waals surface area contributed by atoms with Crippen LogP contribution < -0.4 is 21.7 Å². The fourth-order valence-corrected chi connectivity index (χ4v) is 5.86. The fraction of sp³-hybridized carbons (Fsp3) is 0.186. The van der Waals surface area contributed by atoms with Gasteiger partial charge in [0.15, 0.2) is 0 Å². The van der Waals surface area contributed by atoms with Crippen molar-refractivity contribution in [1.29, 1.82) is 0 Å². The highest BCUT2D eigenvalue weighted by molar-refractivity contribution is 5.95. The zero-order valence-electron chi connectivity index (χ0n) is 29.3. The van der Waals surface area contributed by atoms with E-state index in [0.29, 0.717) is 5.95 Å². The van der Waals surface area contributed by atoms with E-state index in [1.165, 1.54) is 18.2 Å². The normalized spacial score (nSPS) is 14.2. The summed E-state index contributed by atoms with van der Waals surface area (Å²) in [6.07, 6.45) is 2.74. The first-order valence-electron chi connectivity index (χ1n) is 17.3. The minimum Gasteiger partial charge on any atom is -0.333 e. The molecule has 0 aliphatic carbocycles. The molecule has 1 aliphatic heterocycles. The summed E-state index contributed by atoms with van der Waals surface area (Å²) in [6, 6.07) is 50.0. The van der Waals surface area contributed by atoms with Crippen molar-refractivity contribution in [2.24, 2.45) is 5.73 Å². The van der Waals surface area contributed by atoms with Gasteiger partial charge in [-0.2, -0.15) is 0 Å². The average molecular weight is 678 g/mol. The molecule has 260 valence electrons. The Morgan fingerprint density at radius 1 is 0.765 bits per heavy atom. The first kappa shape index (κ1) is 36.6. The quantitative estimate of drug-likeness (QED) is 0.116. The molecule has 2 unspecified atom stereocenters. The van der Waals surface area contributed by atoms with E-state index in [2.05, 4.69) is 79.9 Å². The van der Waals surface area contributed by atoms with Crippen molar-refractivity contribution < 1.29 is 4.79 Å². The maximum atomic E-state index is 13.6. The van der Waals surface area contributed by atoms with Crippen LogP contribution in [0.5, 0.6) is 0 Å². The summed E-state index contributed by atoms with van der Waals surface area (Å²) >= 11 is 0. The van der Waals surface area contributed by atoms with E-state index in [0.717, 1.165) is 54.3 Å². The summed E-state index contributed by atoms with van der Waals surface area (Å²) in [7, 11) is 1.50. The number of amides is 1. The van der Waals surface area contributed by atoms with Gasteiger partial charge in [0.25, 0.3) is 0 Å². The van der Waals surface area contributed by atoms with Gasteiger partial charge in [0.1, 0.15) is 6.04 Å². The number of anilines is 3. The maximum Gasteiger partial charge on any atom is 0.246 e. The molecular weight excluding hydrogens is 631 g/mol. The molecule has 1 aromatic heterocycles. The van der Waals surface area contributed by atoms with Crippen LogP contribution in [0.4, 0.5) is 17.3 Å². The second-order valence-corrected chi connectivity index (χ2v) is 12.2. The molecule has 1 aliphatic rings. The van der Waals surface area contributed by atoms with Crippen molar-refractivity contribution >= 4 is 23.2 Å². The van der Waals surface area contributed by atoms with Crippen molar-refractivity contribution in [2.45, 2.75) is 32.0 Å². The smallest absolute Gasteiger partial charge is 0.246 e. The number of aromatic nitrogens is 2. The molecule has 2 atom stereocenters. The van der Waals surface area contributed by atoms with Crippen molar-refractivity contribution in [3.05, 3.63) is 175 Å². The number of nitrogens with one attached hydrogen (secondary N) is 3. The molecular formula is C43H47N7O. The first-order chi connectivity index (χ1) is 25.1. The van der Waals surface area contributed by atoms with Crippen LogP contribution in [0.2, 0.25) is 0 Å². The number of nitrogens with zero attached hydrogens (tertiary/aromatic N) is 3. The van der Waals surface area contributed by atoms with E-state index in [-0.39, 0.29) is 11.9 Å². The van der Waals surface area contributed by atoms with Gasteiger partial charge in [0.05, 0.1) is 5.69 Å². The molecule has 0 bridgehead atoms. The van der Waals surface area contributed by atoms with Crippen LogP contribution >= 0.6 is 0 Å². The lowest BCUT2D eigenvalue weighted by atomic mass is 10.0. The summed E-state index contributed by atoms with van der Waals surface area (Å²) in [5, 5.41) is 10.0. The number of benzene rings is 5. The van der Waals surface area contributed by atoms with Crippen LogP contribution in [-0.4, -0.2) is 47.0 Å². The molecule has 0 saturated carbocycles. The Bertz CT molecular complexity index is 1870. The number of aryl methyl sites for hydroxylation is 1. The number of nitrogens with two attached hydrogens (primary N) is 1. The molecule has 0 radical (unpaired) electrons. The van der Waals surface area contributed by atoms with Crippen LogP contribution in [0.3, 0.4) is 0 Å². The highest BCUT2D eigenvalue weighted by Crippen LogP contribution is 2.24.